The predicted octanol–water partition coefficient (Wildman–Crippen LogP) is 9.93. The maximum absolute atomic E-state index is 2.47. The van der Waals surface area contributed by atoms with Crippen LogP contribution in [0.3, 0.4) is 0 Å². The molecular formula is C51H48P4+4. The van der Waals surface area contributed by atoms with E-state index < -0.39 is 30.4 Å². The predicted molar refractivity (Wildman–Crippen MR) is 254 cm³/mol. The Hall–Kier alpha value is -4.52. The van der Waals surface area contributed by atoms with Gasteiger partial charge in [0.15, 0.2) is 32.2 Å². The van der Waals surface area contributed by atoms with E-state index >= 15 is 0 Å². The third kappa shape index (κ3) is 8.36. The molecule has 0 atom stereocenters. The van der Waals surface area contributed by atoms with Crippen molar-refractivity contribution in [2.75, 3.05) is 17.7 Å². The molecule has 0 bridgehead atoms. The Morgan fingerprint density at radius 1 is 0.236 bits per heavy atom. The van der Waals surface area contributed by atoms with Crippen molar-refractivity contribution in [3.05, 3.63) is 243 Å². The largest absolute Gasteiger partial charge is 0.186 e. The maximum atomic E-state index is 2.47. The van der Waals surface area contributed by atoms with Gasteiger partial charge in [-0.1, -0.05) is 146 Å². The highest BCUT2D eigenvalue weighted by atomic mass is 31.3. The minimum Gasteiger partial charge on any atom is -0.0620 e. The fourth-order valence-corrected chi connectivity index (χ4v) is 33.4. The molecule has 0 saturated heterocycles. The lowest BCUT2D eigenvalue weighted by Gasteiger charge is -2.34. The molecule has 268 valence electrons. The molecule has 0 nitrogen and oxygen atoms in total. The van der Waals surface area contributed by atoms with Crippen LogP contribution in [0.5, 0.6) is 0 Å². The normalized spacial score (nSPS) is 11.8. The minimum atomic E-state index is -2.17. The van der Waals surface area contributed by atoms with E-state index in [0.29, 0.717) is 0 Å². The van der Waals surface area contributed by atoms with Gasteiger partial charge in [0.1, 0.15) is 58.3 Å². The van der Waals surface area contributed by atoms with Gasteiger partial charge in [-0.2, -0.15) is 0 Å². The zero-order valence-electron chi connectivity index (χ0n) is 31.1. The topological polar surface area (TPSA) is 0 Å². The fraction of sp³-hybridized carbons (Fsp3) is 0.0588. The van der Waals surface area contributed by atoms with Gasteiger partial charge in [-0.3, -0.25) is 0 Å². The van der Waals surface area contributed by atoms with Crippen LogP contribution in [0.4, 0.5) is 0 Å². The van der Waals surface area contributed by atoms with Gasteiger partial charge in [-0.25, -0.2) is 0 Å². The summed E-state index contributed by atoms with van der Waals surface area (Å²) in [4.78, 5) is 0. The molecule has 0 aliphatic carbocycles. The SMILES string of the molecule is c1ccc([PH+](C[P+](C[P+](C[PH+](c2ccccc2)c2ccccc2)(c2ccccc2)c2ccccc2)(c2ccccc2)c2ccccc2)c2ccccc2)cc1. The summed E-state index contributed by atoms with van der Waals surface area (Å²) in [6, 6.07) is 92.7. The van der Waals surface area contributed by atoms with Crippen LogP contribution in [-0.2, 0) is 0 Å². The number of hydrogen-bond acceptors (Lipinski definition) is 0. The Bertz CT molecular complexity index is 2000. The zero-order valence-corrected chi connectivity index (χ0v) is 34.9. The summed E-state index contributed by atoms with van der Waals surface area (Å²) in [5.74, 6) is 3.41. The first-order chi connectivity index (χ1) is 27.3. The van der Waals surface area contributed by atoms with Gasteiger partial charge in [0, 0.05) is 0 Å². The number of hydrogen-bond donors (Lipinski definition) is 0. The Balaban J connectivity index is 1.44. The van der Waals surface area contributed by atoms with Crippen molar-refractivity contribution in [3.63, 3.8) is 0 Å². The van der Waals surface area contributed by atoms with E-state index in [9.17, 15) is 0 Å². The lowest BCUT2D eigenvalue weighted by Crippen LogP contribution is -2.36. The molecule has 8 aromatic carbocycles. The van der Waals surface area contributed by atoms with Gasteiger partial charge in [-0.05, 0) is 97.1 Å². The van der Waals surface area contributed by atoms with Crippen LogP contribution < -0.4 is 42.4 Å². The van der Waals surface area contributed by atoms with Crippen LogP contribution in [-0.4, -0.2) is 17.7 Å². The Morgan fingerprint density at radius 2 is 0.418 bits per heavy atom. The quantitative estimate of drug-likeness (QED) is 0.0964. The molecule has 0 saturated carbocycles. The summed E-state index contributed by atoms with van der Waals surface area (Å²) >= 11 is 0. The van der Waals surface area contributed by atoms with Gasteiger partial charge in [0.25, 0.3) is 0 Å². The summed E-state index contributed by atoms with van der Waals surface area (Å²) in [6.45, 7) is 0. The smallest absolute Gasteiger partial charge is 0.0620 e. The molecule has 0 heterocycles. The molecular weight excluding hydrogens is 736 g/mol. The van der Waals surface area contributed by atoms with Gasteiger partial charge < -0.3 is 0 Å². The summed E-state index contributed by atoms with van der Waals surface area (Å²) < 4.78 is 0. The van der Waals surface area contributed by atoms with Crippen molar-refractivity contribution in [3.8, 4) is 0 Å². The van der Waals surface area contributed by atoms with E-state index in [2.05, 4.69) is 243 Å². The van der Waals surface area contributed by atoms with E-state index in [1.54, 1.807) is 0 Å². The van der Waals surface area contributed by atoms with Crippen LogP contribution in [0.1, 0.15) is 0 Å². The molecule has 0 N–H and O–H groups in total. The molecule has 0 amide bonds. The summed E-state index contributed by atoms with van der Waals surface area (Å²) in [6.07, 6.45) is 0. The molecule has 0 aliphatic rings. The Labute approximate surface area is 331 Å². The first-order valence-corrected chi connectivity index (χ1v) is 26.9. The van der Waals surface area contributed by atoms with Crippen molar-refractivity contribution in [2.45, 2.75) is 0 Å². The second-order valence-corrected chi connectivity index (χ2v) is 28.0. The van der Waals surface area contributed by atoms with Crippen molar-refractivity contribution in [2.24, 2.45) is 0 Å². The highest BCUT2D eigenvalue weighted by Gasteiger charge is 2.62. The van der Waals surface area contributed by atoms with Crippen LogP contribution in [0.25, 0.3) is 0 Å². The summed E-state index contributed by atoms with van der Waals surface area (Å²) in [7, 11) is -6.82. The molecule has 4 heteroatoms. The van der Waals surface area contributed by atoms with E-state index in [-0.39, 0.29) is 0 Å². The highest BCUT2D eigenvalue weighted by molar-refractivity contribution is 8.10. The molecule has 0 aliphatic heterocycles. The zero-order chi connectivity index (χ0) is 37.2. The molecule has 0 aromatic heterocycles. The van der Waals surface area contributed by atoms with E-state index in [0.717, 1.165) is 17.7 Å². The molecule has 0 fully saturated rings. The number of benzene rings is 8. The van der Waals surface area contributed by atoms with Crippen molar-refractivity contribution in [1.82, 2.24) is 0 Å². The minimum absolute atomic E-state index is 1.13. The average Bonchev–Trinajstić information content (AvgIpc) is 3.29. The van der Waals surface area contributed by atoms with Crippen LogP contribution in [0.2, 0.25) is 0 Å². The Morgan fingerprint density at radius 3 is 0.618 bits per heavy atom. The molecule has 0 unspecified atom stereocenters. The molecule has 55 heavy (non-hydrogen) atoms. The first-order valence-electron chi connectivity index (χ1n) is 19.2. The van der Waals surface area contributed by atoms with Crippen LogP contribution >= 0.6 is 30.4 Å². The summed E-state index contributed by atoms with van der Waals surface area (Å²) in [5.41, 5.74) is 0. The maximum Gasteiger partial charge on any atom is 0.186 e. The highest BCUT2D eigenvalue weighted by Crippen LogP contribution is 2.77. The van der Waals surface area contributed by atoms with Gasteiger partial charge in [0.05, 0.1) is 0 Å². The van der Waals surface area contributed by atoms with Gasteiger partial charge >= 0.3 is 0 Å². The van der Waals surface area contributed by atoms with Crippen LogP contribution in [0, 0.1) is 0 Å². The molecule has 0 spiro atoms. The van der Waals surface area contributed by atoms with Gasteiger partial charge in [0.2, 0.25) is 0 Å². The standard InChI is InChI=1S/C51H46P4/c1-9-25-44(26-10-1)52(45-27-11-2-12-28-45)41-54(48-33-17-5-18-34-48,49-35-19-6-20-36-49)43-55(50-37-21-7-22-38-50,51-39-23-8-24-40-51)42-53(46-29-13-3-14-30-46)47-31-15-4-16-32-47/h1-40H,41-43H2/q+2/p+2. The average molecular weight is 785 g/mol. The van der Waals surface area contributed by atoms with Crippen molar-refractivity contribution >= 4 is 72.8 Å². The number of rotatable bonds is 14. The monoisotopic (exact) mass is 784 g/mol. The Kier molecular flexibility index (Phi) is 12.2. The van der Waals surface area contributed by atoms with Crippen LogP contribution in [0.15, 0.2) is 243 Å². The second-order valence-electron chi connectivity index (χ2n) is 14.2. The fourth-order valence-electron chi connectivity index (χ4n) is 8.15. The second kappa shape index (κ2) is 18.0. The van der Waals surface area contributed by atoms with E-state index in [4.69, 9.17) is 0 Å². The summed E-state index contributed by atoms with van der Waals surface area (Å²) in [5, 5.41) is 12.0. The van der Waals surface area contributed by atoms with Crippen molar-refractivity contribution < 1.29 is 0 Å². The van der Waals surface area contributed by atoms with Gasteiger partial charge in [-0.15, -0.1) is 0 Å². The lowest BCUT2D eigenvalue weighted by atomic mass is 10.4. The third-order valence-electron chi connectivity index (χ3n) is 10.8. The third-order valence-corrected chi connectivity index (χ3v) is 30.8. The van der Waals surface area contributed by atoms with E-state index in [1.165, 1.54) is 42.4 Å². The molecule has 8 rings (SSSR count). The van der Waals surface area contributed by atoms with Crippen molar-refractivity contribution in [1.29, 1.82) is 0 Å². The lowest BCUT2D eigenvalue weighted by molar-refractivity contribution is 1.67. The molecule has 0 radical (unpaired) electrons. The molecule has 8 aromatic rings. The first kappa shape index (κ1) is 37.4. The van der Waals surface area contributed by atoms with E-state index in [1.807, 2.05) is 0 Å².